The van der Waals surface area contributed by atoms with Gasteiger partial charge in [-0.15, -0.1) is 0 Å². The molecule has 0 saturated heterocycles. The maximum atomic E-state index is 7.83. The zero-order valence-electron chi connectivity index (χ0n) is 8.46. The van der Waals surface area contributed by atoms with E-state index in [1.165, 1.54) is 0 Å². The first kappa shape index (κ1) is 10.2. The number of benzene rings is 1. The Balaban J connectivity index is 2.44. The summed E-state index contributed by atoms with van der Waals surface area (Å²) < 4.78 is 0. The number of rotatable bonds is 2. The lowest BCUT2D eigenvalue weighted by molar-refractivity contribution is 1.19. The minimum atomic E-state index is -0.572. The lowest BCUT2D eigenvalue weighted by Gasteiger charge is -2.08. The Morgan fingerprint density at radius 3 is 2.50 bits per heavy atom. The number of anilines is 1. The van der Waals surface area contributed by atoms with E-state index in [4.69, 9.17) is 27.7 Å². The number of amidine groups is 2. The van der Waals surface area contributed by atoms with Crippen molar-refractivity contribution in [3.05, 3.63) is 29.3 Å². The molecule has 1 aromatic rings. The molecule has 0 amide bonds. The maximum Gasteiger partial charge on any atom is 0.126 e. The van der Waals surface area contributed by atoms with Gasteiger partial charge in [-0.25, -0.2) is 0 Å². The normalized spacial score (nSPS) is 17.8. The van der Waals surface area contributed by atoms with Crippen LogP contribution in [0.4, 0.5) is 5.69 Å². The van der Waals surface area contributed by atoms with Gasteiger partial charge in [0.1, 0.15) is 17.7 Å². The van der Waals surface area contributed by atoms with Gasteiger partial charge in [-0.05, 0) is 6.07 Å². The summed E-state index contributed by atoms with van der Waals surface area (Å²) in [7, 11) is 0. The third-order valence-corrected chi connectivity index (χ3v) is 2.52. The van der Waals surface area contributed by atoms with Crippen molar-refractivity contribution < 1.29 is 0 Å². The Hall–Kier alpha value is -2.37. The standard InChI is InChI=1S/C10H12N6/c11-7-5-2-1-4(9(12)13)3-6(5)16-8(7)10(14)15/h1-3,8,11,16H,(H3,12,13)(H3,14,15). The molecular formula is C10H12N6. The molecule has 0 aromatic heterocycles. The minimum Gasteiger partial charge on any atom is -0.386 e. The van der Waals surface area contributed by atoms with Crippen LogP contribution in [0.25, 0.3) is 0 Å². The minimum absolute atomic E-state index is 0.0256. The Bertz CT molecular complexity index is 504. The van der Waals surface area contributed by atoms with Crippen LogP contribution in [0.3, 0.4) is 0 Å². The smallest absolute Gasteiger partial charge is 0.126 e. The summed E-state index contributed by atoms with van der Waals surface area (Å²) in [6.07, 6.45) is 0. The fraction of sp³-hybridized carbons (Fsp3) is 0.100. The van der Waals surface area contributed by atoms with Gasteiger partial charge in [0.15, 0.2) is 0 Å². The van der Waals surface area contributed by atoms with Crippen LogP contribution in [0.1, 0.15) is 11.1 Å². The molecule has 1 aliphatic heterocycles. The maximum absolute atomic E-state index is 7.83. The van der Waals surface area contributed by atoms with E-state index in [2.05, 4.69) is 5.32 Å². The second-order valence-electron chi connectivity index (χ2n) is 3.62. The summed E-state index contributed by atoms with van der Waals surface area (Å²) in [6, 6.07) is 4.51. The molecule has 1 heterocycles. The molecule has 0 fully saturated rings. The molecule has 16 heavy (non-hydrogen) atoms. The van der Waals surface area contributed by atoms with Crippen LogP contribution >= 0.6 is 0 Å². The van der Waals surface area contributed by atoms with E-state index in [9.17, 15) is 0 Å². The zero-order valence-corrected chi connectivity index (χ0v) is 8.46. The van der Waals surface area contributed by atoms with E-state index < -0.39 is 6.04 Å². The number of hydrogen-bond acceptors (Lipinski definition) is 4. The third-order valence-electron chi connectivity index (χ3n) is 2.52. The van der Waals surface area contributed by atoms with E-state index in [0.29, 0.717) is 16.8 Å². The van der Waals surface area contributed by atoms with Gasteiger partial charge in [0.2, 0.25) is 0 Å². The van der Waals surface area contributed by atoms with Crippen molar-refractivity contribution in [2.45, 2.75) is 6.04 Å². The van der Waals surface area contributed by atoms with Crippen LogP contribution in [0.2, 0.25) is 0 Å². The van der Waals surface area contributed by atoms with Crippen LogP contribution in [0.5, 0.6) is 0 Å². The summed E-state index contributed by atoms with van der Waals surface area (Å²) in [4.78, 5) is 0. The fourth-order valence-corrected chi connectivity index (χ4v) is 1.68. The number of hydrogen-bond donors (Lipinski definition) is 6. The lowest BCUT2D eigenvalue weighted by atomic mass is 10.0. The van der Waals surface area contributed by atoms with Crippen molar-refractivity contribution in [3.63, 3.8) is 0 Å². The average molecular weight is 216 g/mol. The van der Waals surface area contributed by atoms with E-state index in [1.807, 2.05) is 0 Å². The van der Waals surface area contributed by atoms with Crippen molar-refractivity contribution in [2.24, 2.45) is 11.5 Å². The van der Waals surface area contributed by atoms with Crippen LogP contribution in [-0.2, 0) is 0 Å². The van der Waals surface area contributed by atoms with Gasteiger partial charge in [-0.1, -0.05) is 12.1 Å². The van der Waals surface area contributed by atoms with Crippen LogP contribution < -0.4 is 16.8 Å². The highest BCUT2D eigenvalue weighted by molar-refractivity contribution is 6.23. The number of nitrogens with one attached hydrogen (secondary N) is 4. The van der Waals surface area contributed by atoms with Gasteiger partial charge in [0, 0.05) is 16.8 Å². The Kier molecular flexibility index (Phi) is 2.12. The highest BCUT2D eigenvalue weighted by Gasteiger charge is 2.28. The van der Waals surface area contributed by atoms with Gasteiger partial charge in [-0.2, -0.15) is 0 Å². The highest BCUT2D eigenvalue weighted by Crippen LogP contribution is 2.26. The Morgan fingerprint density at radius 2 is 1.94 bits per heavy atom. The molecule has 1 atom stereocenters. The summed E-state index contributed by atoms with van der Waals surface area (Å²) >= 11 is 0. The molecule has 0 radical (unpaired) electrons. The Labute approximate surface area is 92.2 Å². The molecule has 1 unspecified atom stereocenters. The zero-order chi connectivity index (χ0) is 11.9. The number of nitrogen functional groups attached to an aromatic ring is 1. The van der Waals surface area contributed by atoms with Gasteiger partial charge in [-0.3, -0.25) is 10.8 Å². The van der Waals surface area contributed by atoms with Crippen molar-refractivity contribution in [3.8, 4) is 0 Å². The van der Waals surface area contributed by atoms with Crippen LogP contribution in [-0.4, -0.2) is 23.4 Å². The largest absolute Gasteiger partial charge is 0.386 e. The summed E-state index contributed by atoms with van der Waals surface area (Å²) in [5, 5.41) is 25.4. The monoisotopic (exact) mass is 216 g/mol. The molecule has 0 aliphatic carbocycles. The molecule has 6 nitrogen and oxygen atoms in total. The third kappa shape index (κ3) is 1.40. The second kappa shape index (κ2) is 3.34. The fourth-order valence-electron chi connectivity index (χ4n) is 1.68. The van der Waals surface area contributed by atoms with Gasteiger partial charge >= 0.3 is 0 Å². The highest BCUT2D eigenvalue weighted by atomic mass is 15.0. The number of fused-ring (bicyclic) bond motifs is 1. The lowest BCUT2D eigenvalue weighted by Crippen LogP contribution is -2.37. The van der Waals surface area contributed by atoms with Crippen molar-refractivity contribution in [2.75, 3.05) is 5.32 Å². The molecule has 1 aromatic carbocycles. The molecule has 1 aliphatic rings. The predicted molar refractivity (Wildman–Crippen MR) is 63.6 cm³/mol. The van der Waals surface area contributed by atoms with Gasteiger partial charge in [0.05, 0.1) is 5.71 Å². The first-order valence-electron chi connectivity index (χ1n) is 4.68. The summed E-state index contributed by atoms with van der Waals surface area (Å²) in [5.74, 6) is -0.118. The molecule has 0 spiro atoms. The van der Waals surface area contributed by atoms with E-state index in [-0.39, 0.29) is 17.4 Å². The first-order valence-corrected chi connectivity index (χ1v) is 4.68. The number of nitrogens with two attached hydrogens (primary N) is 2. The SMILES string of the molecule is N=C(N)c1ccc2c(c1)NC(C(=N)N)C2=N. The molecule has 6 heteroatoms. The topological polar surface area (TPSA) is 136 Å². The van der Waals surface area contributed by atoms with Crippen LogP contribution in [0.15, 0.2) is 18.2 Å². The van der Waals surface area contributed by atoms with Crippen molar-refractivity contribution in [1.29, 1.82) is 16.2 Å². The summed E-state index contributed by atoms with van der Waals surface area (Å²) in [5.41, 5.74) is 13.0. The Morgan fingerprint density at radius 1 is 1.25 bits per heavy atom. The predicted octanol–water partition coefficient (Wildman–Crippen LogP) is 0.0686. The van der Waals surface area contributed by atoms with Crippen molar-refractivity contribution in [1.82, 2.24) is 0 Å². The molecule has 2 rings (SSSR count). The van der Waals surface area contributed by atoms with E-state index in [1.54, 1.807) is 18.2 Å². The van der Waals surface area contributed by atoms with Crippen molar-refractivity contribution >= 4 is 23.1 Å². The van der Waals surface area contributed by atoms with E-state index in [0.717, 1.165) is 0 Å². The second-order valence-corrected chi connectivity index (χ2v) is 3.62. The molecule has 82 valence electrons. The molecular weight excluding hydrogens is 204 g/mol. The average Bonchev–Trinajstić information content (AvgIpc) is 2.55. The molecule has 8 N–H and O–H groups in total. The molecule has 0 saturated carbocycles. The molecule has 0 bridgehead atoms. The van der Waals surface area contributed by atoms with Gasteiger partial charge in [0.25, 0.3) is 0 Å². The quantitative estimate of drug-likeness (QED) is 0.308. The summed E-state index contributed by atoms with van der Waals surface area (Å²) in [6.45, 7) is 0. The van der Waals surface area contributed by atoms with E-state index >= 15 is 0 Å². The van der Waals surface area contributed by atoms with Crippen LogP contribution in [0, 0.1) is 16.2 Å². The van der Waals surface area contributed by atoms with Gasteiger partial charge < -0.3 is 22.2 Å². The first-order chi connectivity index (χ1) is 7.50.